The third kappa shape index (κ3) is 3.77. The Morgan fingerprint density at radius 1 is 1.37 bits per heavy atom. The third-order valence-electron chi connectivity index (χ3n) is 3.90. The molecule has 0 amide bonds. The highest BCUT2D eigenvalue weighted by atomic mass is 35.5. The summed E-state index contributed by atoms with van der Waals surface area (Å²) in [5.41, 5.74) is 1.07. The van der Waals surface area contributed by atoms with Gasteiger partial charge < -0.3 is 10.0 Å². The van der Waals surface area contributed by atoms with Gasteiger partial charge in [0.05, 0.1) is 4.87 Å². The number of alkyl halides is 1. The SMILES string of the molecule is CN(C)CC1CCCCC1(Cl)c1cccc(O)c1.Cl. The Kier molecular flexibility index (Phi) is 5.97. The van der Waals surface area contributed by atoms with Crippen LogP contribution in [0.5, 0.6) is 5.75 Å². The van der Waals surface area contributed by atoms with E-state index >= 15 is 0 Å². The van der Waals surface area contributed by atoms with Gasteiger partial charge in [-0.3, -0.25) is 0 Å². The maximum atomic E-state index is 9.66. The van der Waals surface area contributed by atoms with Gasteiger partial charge in [-0.1, -0.05) is 25.0 Å². The summed E-state index contributed by atoms with van der Waals surface area (Å²) < 4.78 is 0. The number of halogens is 2. The van der Waals surface area contributed by atoms with E-state index < -0.39 is 0 Å². The summed E-state index contributed by atoms with van der Waals surface area (Å²) in [6.07, 6.45) is 4.59. The zero-order valence-electron chi connectivity index (χ0n) is 11.6. The molecule has 2 rings (SSSR count). The Morgan fingerprint density at radius 3 is 2.74 bits per heavy atom. The van der Waals surface area contributed by atoms with Gasteiger partial charge in [-0.2, -0.15) is 0 Å². The van der Waals surface area contributed by atoms with Gasteiger partial charge in [-0.05, 0) is 50.6 Å². The molecule has 1 aliphatic rings. The number of phenolic OH excluding ortho intramolecular Hbond substituents is 1. The second kappa shape index (κ2) is 6.83. The molecule has 108 valence electrons. The summed E-state index contributed by atoms with van der Waals surface area (Å²) in [5.74, 6) is 0.756. The molecule has 0 aliphatic heterocycles. The number of rotatable bonds is 3. The molecule has 1 N–H and O–H groups in total. The molecule has 2 nitrogen and oxygen atoms in total. The van der Waals surface area contributed by atoms with Gasteiger partial charge in [0.25, 0.3) is 0 Å². The number of nitrogens with zero attached hydrogens (tertiary/aromatic N) is 1. The lowest BCUT2D eigenvalue weighted by molar-refractivity contribution is 0.207. The summed E-state index contributed by atoms with van der Waals surface area (Å²) in [6.45, 7) is 0.999. The van der Waals surface area contributed by atoms with Crippen molar-refractivity contribution in [1.29, 1.82) is 0 Å². The van der Waals surface area contributed by atoms with Crippen molar-refractivity contribution in [3.05, 3.63) is 29.8 Å². The van der Waals surface area contributed by atoms with E-state index in [1.54, 1.807) is 6.07 Å². The Bertz CT molecular complexity index is 411. The monoisotopic (exact) mass is 303 g/mol. The van der Waals surface area contributed by atoms with Gasteiger partial charge in [-0.15, -0.1) is 24.0 Å². The summed E-state index contributed by atoms with van der Waals surface area (Å²) in [4.78, 5) is 1.89. The Morgan fingerprint density at radius 2 is 2.11 bits per heavy atom. The Balaban J connectivity index is 0.00000180. The second-order valence-corrected chi connectivity index (χ2v) is 6.29. The molecule has 0 bridgehead atoms. The fraction of sp³-hybridized carbons (Fsp3) is 0.600. The van der Waals surface area contributed by atoms with Gasteiger partial charge in [0.2, 0.25) is 0 Å². The van der Waals surface area contributed by atoms with Crippen molar-refractivity contribution in [1.82, 2.24) is 4.90 Å². The van der Waals surface area contributed by atoms with Crippen LogP contribution >= 0.6 is 24.0 Å². The van der Waals surface area contributed by atoms with Gasteiger partial charge in [0.15, 0.2) is 0 Å². The molecule has 19 heavy (non-hydrogen) atoms. The largest absolute Gasteiger partial charge is 0.508 e. The summed E-state index contributed by atoms with van der Waals surface area (Å²) in [7, 11) is 4.18. The lowest BCUT2D eigenvalue weighted by Crippen LogP contribution is -2.39. The predicted molar refractivity (Wildman–Crippen MR) is 83.4 cm³/mol. The molecule has 2 atom stereocenters. The molecule has 0 aromatic heterocycles. The lowest BCUT2D eigenvalue weighted by atomic mass is 9.74. The highest BCUT2D eigenvalue weighted by Gasteiger charge is 2.40. The summed E-state index contributed by atoms with van der Waals surface area (Å²) in [6, 6.07) is 7.45. The van der Waals surface area contributed by atoms with Crippen LogP contribution in [0.4, 0.5) is 0 Å². The molecule has 4 heteroatoms. The van der Waals surface area contributed by atoms with Crippen molar-refractivity contribution in [3.63, 3.8) is 0 Å². The number of benzene rings is 1. The maximum Gasteiger partial charge on any atom is 0.115 e. The molecule has 1 aromatic carbocycles. The highest BCUT2D eigenvalue weighted by Crippen LogP contribution is 2.47. The summed E-state index contributed by atoms with van der Waals surface area (Å²) in [5, 5.41) is 9.66. The normalized spacial score (nSPS) is 27.1. The van der Waals surface area contributed by atoms with Crippen LogP contribution in [-0.4, -0.2) is 30.6 Å². The minimum absolute atomic E-state index is 0. The molecule has 0 saturated heterocycles. The van der Waals surface area contributed by atoms with Crippen molar-refractivity contribution >= 4 is 24.0 Å². The average molecular weight is 304 g/mol. The molecule has 1 aliphatic carbocycles. The maximum absolute atomic E-state index is 9.66. The smallest absolute Gasteiger partial charge is 0.115 e. The fourth-order valence-electron chi connectivity index (χ4n) is 3.03. The van der Waals surface area contributed by atoms with Crippen LogP contribution in [0.3, 0.4) is 0 Å². The van der Waals surface area contributed by atoms with Gasteiger partial charge in [0.1, 0.15) is 5.75 Å². The fourth-order valence-corrected chi connectivity index (χ4v) is 3.46. The van der Waals surface area contributed by atoms with Crippen molar-refractivity contribution in [2.75, 3.05) is 20.6 Å². The van der Waals surface area contributed by atoms with Crippen LogP contribution in [0.25, 0.3) is 0 Å². The first-order valence-corrected chi connectivity index (χ1v) is 7.03. The van der Waals surface area contributed by atoms with E-state index in [2.05, 4.69) is 19.0 Å². The third-order valence-corrected chi connectivity index (χ3v) is 4.62. The van der Waals surface area contributed by atoms with E-state index in [0.29, 0.717) is 11.7 Å². The molecular formula is C15H23Cl2NO. The van der Waals surface area contributed by atoms with Crippen molar-refractivity contribution in [2.24, 2.45) is 5.92 Å². The van der Waals surface area contributed by atoms with Crippen molar-refractivity contribution in [2.45, 2.75) is 30.6 Å². The summed E-state index contributed by atoms with van der Waals surface area (Å²) >= 11 is 6.94. The first kappa shape index (κ1) is 16.6. The Labute approximate surface area is 127 Å². The minimum atomic E-state index is -0.318. The second-order valence-electron chi connectivity index (χ2n) is 5.62. The van der Waals surface area contributed by atoms with Crippen molar-refractivity contribution < 1.29 is 5.11 Å². The van der Waals surface area contributed by atoms with Crippen LogP contribution in [0, 0.1) is 5.92 Å². The molecule has 1 saturated carbocycles. The van der Waals surface area contributed by atoms with Gasteiger partial charge in [-0.25, -0.2) is 0 Å². The van der Waals surface area contributed by atoms with E-state index in [1.165, 1.54) is 12.8 Å². The Hall–Kier alpha value is -0.440. The van der Waals surface area contributed by atoms with Crippen LogP contribution in [-0.2, 0) is 4.87 Å². The van der Waals surface area contributed by atoms with Gasteiger partial charge in [0, 0.05) is 6.54 Å². The number of hydrogen-bond acceptors (Lipinski definition) is 2. The standard InChI is InChI=1S/C15H22ClNO.ClH/c1-17(2)11-13-6-3-4-9-15(13,16)12-7-5-8-14(18)10-12;/h5,7-8,10,13,18H,3-4,6,9,11H2,1-2H3;1H. The van der Waals surface area contributed by atoms with Crippen LogP contribution < -0.4 is 0 Å². The molecule has 2 unspecified atom stereocenters. The average Bonchev–Trinajstić information content (AvgIpc) is 2.32. The molecule has 1 aromatic rings. The first-order valence-electron chi connectivity index (χ1n) is 6.65. The van der Waals surface area contributed by atoms with Crippen LogP contribution in [0.2, 0.25) is 0 Å². The number of phenols is 1. The molecule has 0 heterocycles. The number of hydrogen-bond donors (Lipinski definition) is 1. The predicted octanol–water partition coefficient (Wildman–Crippen LogP) is 4.00. The molecule has 1 fully saturated rings. The molecule has 0 radical (unpaired) electrons. The lowest BCUT2D eigenvalue weighted by Gasteiger charge is -2.41. The number of aromatic hydroxyl groups is 1. The molecule has 0 spiro atoms. The van der Waals surface area contributed by atoms with E-state index in [1.807, 2.05) is 18.2 Å². The van der Waals surface area contributed by atoms with E-state index in [0.717, 1.165) is 24.9 Å². The van der Waals surface area contributed by atoms with E-state index in [9.17, 15) is 5.11 Å². The van der Waals surface area contributed by atoms with Crippen LogP contribution in [0.15, 0.2) is 24.3 Å². The van der Waals surface area contributed by atoms with Crippen molar-refractivity contribution in [3.8, 4) is 5.75 Å². The van der Waals surface area contributed by atoms with E-state index in [-0.39, 0.29) is 17.3 Å². The van der Waals surface area contributed by atoms with Gasteiger partial charge >= 0.3 is 0 Å². The highest BCUT2D eigenvalue weighted by molar-refractivity contribution is 6.24. The quantitative estimate of drug-likeness (QED) is 0.853. The minimum Gasteiger partial charge on any atom is -0.508 e. The van der Waals surface area contributed by atoms with Crippen LogP contribution in [0.1, 0.15) is 31.2 Å². The first-order chi connectivity index (χ1) is 8.52. The van der Waals surface area contributed by atoms with E-state index in [4.69, 9.17) is 11.6 Å². The zero-order chi connectivity index (χ0) is 13.2. The topological polar surface area (TPSA) is 23.5 Å². The molecular weight excluding hydrogens is 281 g/mol. The zero-order valence-corrected chi connectivity index (χ0v) is 13.2.